The molecule has 0 aromatic carbocycles. The number of rotatable bonds is 39. The summed E-state index contributed by atoms with van der Waals surface area (Å²) < 4.78 is 26.8. The molecule has 0 radical (unpaired) electrons. The van der Waals surface area contributed by atoms with Gasteiger partial charge in [0.25, 0.3) is 0 Å². The fourth-order valence-electron chi connectivity index (χ4n) is 5.48. The van der Waals surface area contributed by atoms with E-state index in [2.05, 4.69) is 79.9 Å². The number of allylic oxidation sites excluding steroid dienone is 10. The lowest BCUT2D eigenvalue weighted by Crippen LogP contribution is -2.27. The summed E-state index contributed by atoms with van der Waals surface area (Å²) in [5.41, 5.74) is 0. The molecule has 0 aliphatic heterocycles. The summed E-state index contributed by atoms with van der Waals surface area (Å²) in [5.74, 6) is -0.544. The van der Waals surface area contributed by atoms with Crippen molar-refractivity contribution in [1.29, 1.82) is 0 Å². The molecule has 1 amide bonds. The first-order valence-electron chi connectivity index (χ1n) is 21.3. The van der Waals surface area contributed by atoms with Crippen molar-refractivity contribution in [2.45, 2.75) is 180 Å². The summed E-state index contributed by atoms with van der Waals surface area (Å²) >= 11 is 0. The first-order valence-corrected chi connectivity index (χ1v) is 22.8. The van der Waals surface area contributed by atoms with Gasteiger partial charge in [0, 0.05) is 19.4 Å². The fourth-order valence-corrected chi connectivity index (χ4v) is 6.24. The molecule has 10 heteroatoms. The van der Waals surface area contributed by atoms with Gasteiger partial charge < -0.3 is 20.1 Å². The summed E-state index contributed by atoms with van der Waals surface area (Å²) in [4.78, 5) is 33.9. The van der Waals surface area contributed by atoms with Gasteiger partial charge in [-0.1, -0.05) is 145 Å². The summed E-state index contributed by atoms with van der Waals surface area (Å²) in [5, 5.41) is 12.7. The molecule has 2 unspecified atom stereocenters. The quantitative estimate of drug-likeness (QED) is 0.0243. The van der Waals surface area contributed by atoms with Gasteiger partial charge in [-0.3, -0.25) is 18.6 Å². The lowest BCUT2D eigenvalue weighted by molar-refractivity contribution is -0.147. The highest BCUT2D eigenvalue weighted by Crippen LogP contribution is 2.42. The van der Waals surface area contributed by atoms with Crippen molar-refractivity contribution in [3.8, 4) is 0 Å². The van der Waals surface area contributed by atoms with Crippen LogP contribution in [0.3, 0.4) is 0 Å². The number of esters is 1. The van der Waals surface area contributed by atoms with Gasteiger partial charge in [0.1, 0.15) is 12.7 Å². The number of aliphatic hydroxyl groups is 1. The number of unbranched alkanes of at least 4 members (excludes halogenated alkanes) is 16. The summed E-state index contributed by atoms with van der Waals surface area (Å²) in [6, 6.07) is 0. The van der Waals surface area contributed by atoms with E-state index in [0.29, 0.717) is 6.42 Å². The van der Waals surface area contributed by atoms with Crippen LogP contribution in [-0.4, -0.2) is 54.3 Å². The number of hydrogen-bond acceptors (Lipinski definition) is 7. The van der Waals surface area contributed by atoms with Gasteiger partial charge in [0.05, 0.1) is 13.2 Å². The van der Waals surface area contributed by atoms with Crippen LogP contribution in [0, 0.1) is 0 Å². The third-order valence-electron chi connectivity index (χ3n) is 8.68. The molecule has 312 valence electrons. The Morgan fingerprint density at radius 3 is 1.59 bits per heavy atom. The molecule has 9 nitrogen and oxygen atoms in total. The van der Waals surface area contributed by atoms with Crippen LogP contribution in [0.2, 0.25) is 0 Å². The Balaban J connectivity index is 3.65. The first kappa shape index (κ1) is 51.7. The highest BCUT2D eigenvalue weighted by atomic mass is 31.2. The SMILES string of the molecule is CC/C=C\C/C=C\C/C=C\CCCCCCCCCC(=O)NCCOP(=O)(O)OCC(O)COC(=O)CCCCCCC/C=C\C/C=C\CCCCCC. The van der Waals surface area contributed by atoms with E-state index in [1.165, 1.54) is 57.8 Å². The summed E-state index contributed by atoms with van der Waals surface area (Å²) in [7, 11) is -4.42. The Labute approximate surface area is 329 Å². The summed E-state index contributed by atoms with van der Waals surface area (Å²) in [6.45, 7) is 3.39. The lowest BCUT2D eigenvalue weighted by atomic mass is 10.1. The van der Waals surface area contributed by atoms with E-state index in [-0.39, 0.29) is 32.1 Å². The molecule has 0 saturated heterocycles. The minimum atomic E-state index is -4.42. The first-order chi connectivity index (χ1) is 26.3. The van der Waals surface area contributed by atoms with Gasteiger partial charge in [-0.15, -0.1) is 0 Å². The van der Waals surface area contributed by atoms with Crippen molar-refractivity contribution in [2.75, 3.05) is 26.4 Å². The number of aliphatic hydroxyl groups excluding tert-OH is 1. The zero-order chi connectivity index (χ0) is 39.6. The van der Waals surface area contributed by atoms with Crippen LogP contribution in [0.25, 0.3) is 0 Å². The maximum absolute atomic E-state index is 12.1. The van der Waals surface area contributed by atoms with E-state index < -0.39 is 26.5 Å². The standard InChI is InChI=1S/C44H78NO8P/c1-3-5-7-9-11-13-15-17-19-21-22-24-26-28-30-32-34-36-43(47)45-38-39-52-54(49,50)53-41-42(46)40-51-44(48)37-35-33-31-29-27-25-23-20-18-16-14-12-10-8-6-4-2/h5,7,11,13-14,16-17,19-20,23,42,46H,3-4,6,8-10,12,15,18,21-22,24-41H2,1-2H3,(H,45,47)(H,49,50)/b7-5-,13-11-,16-14-,19-17-,23-20-. The van der Waals surface area contributed by atoms with Crippen LogP contribution in [0.5, 0.6) is 0 Å². The number of carbonyl (C=O) groups is 2. The predicted molar refractivity (Wildman–Crippen MR) is 224 cm³/mol. The molecule has 2 atom stereocenters. The van der Waals surface area contributed by atoms with Gasteiger partial charge in [-0.25, -0.2) is 4.57 Å². The van der Waals surface area contributed by atoms with E-state index >= 15 is 0 Å². The Bertz CT molecular complexity index is 1070. The second-order valence-electron chi connectivity index (χ2n) is 13.9. The molecular weight excluding hydrogens is 701 g/mol. The fraction of sp³-hybridized carbons (Fsp3) is 0.727. The molecule has 0 aliphatic rings. The van der Waals surface area contributed by atoms with Crippen LogP contribution in [0.1, 0.15) is 174 Å². The molecule has 0 saturated carbocycles. The zero-order valence-corrected chi connectivity index (χ0v) is 35.0. The maximum atomic E-state index is 12.1. The molecular formula is C44H78NO8P. The molecule has 0 spiro atoms. The topological polar surface area (TPSA) is 131 Å². The summed E-state index contributed by atoms with van der Waals surface area (Å²) in [6.07, 6.45) is 47.2. The van der Waals surface area contributed by atoms with Crippen molar-refractivity contribution in [2.24, 2.45) is 0 Å². The third-order valence-corrected chi connectivity index (χ3v) is 9.67. The van der Waals surface area contributed by atoms with E-state index in [1.807, 2.05) is 0 Å². The number of phosphoric ester groups is 1. The van der Waals surface area contributed by atoms with Gasteiger partial charge >= 0.3 is 13.8 Å². The number of phosphoric acid groups is 1. The molecule has 3 N–H and O–H groups in total. The molecule has 0 aromatic rings. The second kappa shape index (κ2) is 40.4. The number of ether oxygens (including phenoxy) is 1. The Hall–Kier alpha value is -2.29. The van der Waals surface area contributed by atoms with E-state index in [1.54, 1.807) is 0 Å². The molecule has 0 aliphatic carbocycles. The largest absolute Gasteiger partial charge is 0.472 e. The Morgan fingerprint density at radius 2 is 1.06 bits per heavy atom. The molecule has 0 fully saturated rings. The smallest absolute Gasteiger partial charge is 0.463 e. The van der Waals surface area contributed by atoms with Crippen LogP contribution in [0.4, 0.5) is 0 Å². The van der Waals surface area contributed by atoms with Gasteiger partial charge in [0.2, 0.25) is 5.91 Å². The second-order valence-corrected chi connectivity index (χ2v) is 15.4. The van der Waals surface area contributed by atoms with Gasteiger partial charge in [0.15, 0.2) is 0 Å². The maximum Gasteiger partial charge on any atom is 0.472 e. The Morgan fingerprint density at radius 1 is 0.593 bits per heavy atom. The molecule has 0 heterocycles. The van der Waals surface area contributed by atoms with Crippen LogP contribution >= 0.6 is 7.82 Å². The van der Waals surface area contributed by atoms with Crippen LogP contribution in [0.15, 0.2) is 60.8 Å². The Kier molecular flexibility index (Phi) is 38.7. The molecule has 0 rings (SSSR count). The predicted octanol–water partition coefficient (Wildman–Crippen LogP) is 11.7. The van der Waals surface area contributed by atoms with Crippen LogP contribution in [-0.2, 0) is 27.9 Å². The molecule has 0 bridgehead atoms. The lowest BCUT2D eigenvalue weighted by Gasteiger charge is -2.15. The van der Waals surface area contributed by atoms with Crippen molar-refractivity contribution in [3.05, 3.63) is 60.8 Å². The molecule has 0 aromatic heterocycles. The normalized spacial score (nSPS) is 13.9. The van der Waals surface area contributed by atoms with Gasteiger partial charge in [-0.2, -0.15) is 0 Å². The number of amides is 1. The average molecular weight is 780 g/mol. The van der Waals surface area contributed by atoms with Gasteiger partial charge in [-0.05, 0) is 77.0 Å². The number of carbonyl (C=O) groups excluding carboxylic acids is 2. The zero-order valence-electron chi connectivity index (χ0n) is 34.1. The average Bonchev–Trinajstić information content (AvgIpc) is 3.16. The third kappa shape index (κ3) is 40.9. The minimum Gasteiger partial charge on any atom is -0.463 e. The van der Waals surface area contributed by atoms with E-state index in [0.717, 1.165) is 89.9 Å². The number of nitrogens with one attached hydrogen (secondary N) is 1. The monoisotopic (exact) mass is 780 g/mol. The van der Waals surface area contributed by atoms with Crippen molar-refractivity contribution >= 4 is 19.7 Å². The minimum absolute atomic E-state index is 0.0716. The molecule has 54 heavy (non-hydrogen) atoms. The van der Waals surface area contributed by atoms with Crippen molar-refractivity contribution in [1.82, 2.24) is 5.32 Å². The van der Waals surface area contributed by atoms with E-state index in [4.69, 9.17) is 13.8 Å². The highest BCUT2D eigenvalue weighted by Gasteiger charge is 2.23. The van der Waals surface area contributed by atoms with Crippen molar-refractivity contribution in [3.63, 3.8) is 0 Å². The van der Waals surface area contributed by atoms with Crippen LogP contribution < -0.4 is 5.32 Å². The van der Waals surface area contributed by atoms with Crippen molar-refractivity contribution < 1.29 is 37.9 Å². The van der Waals surface area contributed by atoms with E-state index in [9.17, 15) is 24.2 Å². The highest BCUT2D eigenvalue weighted by molar-refractivity contribution is 7.47. The number of hydrogen-bond donors (Lipinski definition) is 3.